The van der Waals surface area contributed by atoms with E-state index in [1.807, 2.05) is 54.6 Å². The van der Waals surface area contributed by atoms with Crippen LogP contribution in [0, 0.1) is 0 Å². The van der Waals surface area contributed by atoms with Gasteiger partial charge < -0.3 is 15.8 Å². The predicted octanol–water partition coefficient (Wildman–Crippen LogP) is 5.97. The number of fused-ring (bicyclic) bond motifs is 3. The summed E-state index contributed by atoms with van der Waals surface area (Å²) in [6.07, 6.45) is 4.24. The Morgan fingerprint density at radius 2 is 1.70 bits per heavy atom. The zero-order valence-corrected chi connectivity index (χ0v) is 18.1. The van der Waals surface area contributed by atoms with Crippen molar-refractivity contribution in [2.75, 3.05) is 18.9 Å². The first-order valence-electron chi connectivity index (χ1n) is 9.94. The van der Waals surface area contributed by atoms with Gasteiger partial charge >= 0.3 is 6.09 Å². The summed E-state index contributed by atoms with van der Waals surface area (Å²) in [7, 11) is 0. The Hall–Kier alpha value is -3.05. The van der Waals surface area contributed by atoms with Crippen LogP contribution in [0.4, 0.5) is 10.5 Å². The van der Waals surface area contributed by atoms with Crippen LogP contribution in [0.1, 0.15) is 29.0 Å². The van der Waals surface area contributed by atoms with Crippen LogP contribution in [0.15, 0.2) is 77.3 Å². The fourth-order valence-corrected chi connectivity index (χ4v) is 4.19. The number of benzene rings is 3. The lowest BCUT2D eigenvalue weighted by Gasteiger charge is -2.14. The summed E-state index contributed by atoms with van der Waals surface area (Å²) < 4.78 is 6.52. The minimum absolute atomic E-state index is 0.0718. The molecule has 3 N–H and O–H groups in total. The standard InChI is InChI=1S/C25H23BrN2O2/c26-18-12-13-24(27)17(15-18)7-5-6-14-28-25(29)30-16-23-21-10-3-1-8-19(21)20-9-2-4-11-22(20)23/h1-5,7-13,15,23H,6,14,16,27H2,(H,28,29). The van der Waals surface area contributed by atoms with Gasteiger partial charge in [-0.15, -0.1) is 0 Å². The molecule has 3 aromatic rings. The van der Waals surface area contributed by atoms with Crippen LogP contribution < -0.4 is 11.1 Å². The molecule has 0 fully saturated rings. The van der Waals surface area contributed by atoms with E-state index in [0.29, 0.717) is 19.6 Å². The molecule has 0 saturated heterocycles. The molecule has 0 heterocycles. The molecule has 4 rings (SSSR count). The van der Waals surface area contributed by atoms with E-state index in [2.05, 4.69) is 45.5 Å². The lowest BCUT2D eigenvalue weighted by atomic mass is 9.98. The molecule has 152 valence electrons. The lowest BCUT2D eigenvalue weighted by molar-refractivity contribution is 0.143. The summed E-state index contributed by atoms with van der Waals surface area (Å²) in [6.45, 7) is 0.825. The fourth-order valence-electron chi connectivity index (χ4n) is 3.81. The van der Waals surface area contributed by atoms with Gasteiger partial charge in [0, 0.05) is 22.6 Å². The maximum absolute atomic E-state index is 12.2. The number of anilines is 1. The normalized spacial score (nSPS) is 12.6. The van der Waals surface area contributed by atoms with Gasteiger partial charge in [-0.1, -0.05) is 76.6 Å². The first-order chi connectivity index (χ1) is 14.6. The van der Waals surface area contributed by atoms with E-state index in [-0.39, 0.29) is 5.92 Å². The molecule has 3 aromatic carbocycles. The summed E-state index contributed by atoms with van der Waals surface area (Å²) in [5, 5.41) is 2.81. The molecule has 0 bridgehead atoms. The van der Waals surface area contributed by atoms with Crippen molar-refractivity contribution in [3.8, 4) is 11.1 Å². The van der Waals surface area contributed by atoms with E-state index in [1.165, 1.54) is 22.3 Å². The highest BCUT2D eigenvalue weighted by Crippen LogP contribution is 2.44. The van der Waals surface area contributed by atoms with Gasteiger partial charge in [-0.2, -0.15) is 0 Å². The van der Waals surface area contributed by atoms with Crippen LogP contribution in [0.3, 0.4) is 0 Å². The van der Waals surface area contributed by atoms with Crippen LogP contribution >= 0.6 is 15.9 Å². The topological polar surface area (TPSA) is 64.3 Å². The van der Waals surface area contributed by atoms with Gasteiger partial charge in [0.2, 0.25) is 0 Å². The average Bonchev–Trinajstić information content (AvgIpc) is 3.08. The number of halogens is 1. The maximum Gasteiger partial charge on any atom is 0.407 e. The van der Waals surface area contributed by atoms with Gasteiger partial charge in [-0.3, -0.25) is 0 Å². The predicted molar refractivity (Wildman–Crippen MR) is 125 cm³/mol. The summed E-state index contributed by atoms with van der Waals surface area (Å²) in [5.74, 6) is 0.0718. The van der Waals surface area contributed by atoms with Gasteiger partial charge in [0.15, 0.2) is 0 Å². The first kappa shape index (κ1) is 20.2. The number of nitrogen functional groups attached to an aromatic ring is 1. The Morgan fingerprint density at radius 1 is 1.03 bits per heavy atom. The average molecular weight is 463 g/mol. The lowest BCUT2D eigenvalue weighted by Crippen LogP contribution is -2.26. The van der Waals surface area contributed by atoms with Crippen LogP contribution in [-0.4, -0.2) is 19.2 Å². The number of carbonyl (C=O) groups excluding carboxylic acids is 1. The summed E-state index contributed by atoms with van der Waals surface area (Å²) in [5.41, 5.74) is 12.5. The van der Waals surface area contributed by atoms with Crippen LogP contribution in [0.5, 0.6) is 0 Å². The molecule has 1 aliphatic carbocycles. The first-order valence-corrected chi connectivity index (χ1v) is 10.7. The van der Waals surface area contributed by atoms with E-state index in [0.717, 1.165) is 15.7 Å². The number of nitrogens with two attached hydrogens (primary N) is 1. The Morgan fingerprint density at radius 3 is 2.40 bits per heavy atom. The molecule has 30 heavy (non-hydrogen) atoms. The van der Waals surface area contributed by atoms with Crippen molar-refractivity contribution < 1.29 is 9.53 Å². The Balaban J connectivity index is 1.28. The molecule has 1 aliphatic rings. The molecular formula is C25H23BrN2O2. The number of rotatable bonds is 6. The number of amides is 1. The fraction of sp³-hybridized carbons (Fsp3) is 0.160. The number of nitrogens with one attached hydrogen (secondary N) is 1. The van der Waals surface area contributed by atoms with Crippen molar-refractivity contribution in [1.29, 1.82) is 0 Å². The zero-order chi connectivity index (χ0) is 20.9. The number of ether oxygens (including phenoxy) is 1. The smallest absolute Gasteiger partial charge is 0.407 e. The molecule has 0 atom stereocenters. The summed E-state index contributed by atoms with van der Waals surface area (Å²) >= 11 is 3.44. The number of hydrogen-bond acceptors (Lipinski definition) is 3. The minimum Gasteiger partial charge on any atom is -0.449 e. The zero-order valence-electron chi connectivity index (χ0n) is 16.5. The molecule has 1 amide bonds. The minimum atomic E-state index is -0.396. The number of hydrogen-bond donors (Lipinski definition) is 2. The van der Waals surface area contributed by atoms with Gasteiger partial charge in [0.25, 0.3) is 0 Å². The van der Waals surface area contributed by atoms with Crippen LogP contribution in [-0.2, 0) is 4.74 Å². The second-order valence-electron chi connectivity index (χ2n) is 7.22. The van der Waals surface area contributed by atoms with E-state index in [4.69, 9.17) is 10.5 Å². The van der Waals surface area contributed by atoms with Crippen molar-refractivity contribution in [3.63, 3.8) is 0 Å². The molecule has 0 spiro atoms. The van der Waals surface area contributed by atoms with Crippen molar-refractivity contribution in [1.82, 2.24) is 5.32 Å². The number of alkyl carbamates (subject to hydrolysis) is 1. The third-order valence-electron chi connectivity index (χ3n) is 5.27. The van der Waals surface area contributed by atoms with Gasteiger partial charge in [-0.05, 0) is 52.4 Å². The Labute approximate surface area is 184 Å². The van der Waals surface area contributed by atoms with Gasteiger partial charge in [-0.25, -0.2) is 4.79 Å². The SMILES string of the molecule is Nc1ccc(Br)cc1C=CCCNC(=O)OCC1c2ccccc2-c2ccccc21. The molecule has 0 aliphatic heterocycles. The molecule has 4 nitrogen and oxygen atoms in total. The number of carbonyl (C=O) groups is 1. The molecular weight excluding hydrogens is 440 g/mol. The Kier molecular flexibility index (Phi) is 6.19. The quantitative estimate of drug-likeness (QED) is 0.350. The highest BCUT2D eigenvalue weighted by atomic mass is 79.9. The Bertz CT molecular complexity index is 1050. The van der Waals surface area contributed by atoms with Crippen LogP contribution in [0.2, 0.25) is 0 Å². The molecule has 0 aromatic heterocycles. The van der Waals surface area contributed by atoms with Crippen molar-refractivity contribution >= 4 is 33.8 Å². The molecule has 0 unspecified atom stereocenters. The van der Waals surface area contributed by atoms with Crippen LogP contribution in [0.25, 0.3) is 17.2 Å². The molecule has 5 heteroatoms. The van der Waals surface area contributed by atoms with E-state index in [1.54, 1.807) is 0 Å². The van der Waals surface area contributed by atoms with Crippen molar-refractivity contribution in [2.24, 2.45) is 0 Å². The van der Waals surface area contributed by atoms with E-state index in [9.17, 15) is 4.79 Å². The summed E-state index contributed by atoms with van der Waals surface area (Å²) in [4.78, 5) is 12.2. The third kappa shape index (κ3) is 4.41. The highest BCUT2D eigenvalue weighted by Gasteiger charge is 2.28. The van der Waals surface area contributed by atoms with Crippen molar-refractivity contribution in [2.45, 2.75) is 12.3 Å². The molecule has 0 saturated carbocycles. The van der Waals surface area contributed by atoms with Crippen molar-refractivity contribution in [3.05, 3.63) is 94.0 Å². The summed E-state index contributed by atoms with van der Waals surface area (Å²) in [6, 6.07) is 22.3. The second kappa shape index (κ2) is 9.18. The maximum atomic E-state index is 12.2. The van der Waals surface area contributed by atoms with Gasteiger partial charge in [0.1, 0.15) is 6.61 Å². The van der Waals surface area contributed by atoms with E-state index >= 15 is 0 Å². The third-order valence-corrected chi connectivity index (χ3v) is 5.76. The van der Waals surface area contributed by atoms with Gasteiger partial charge in [0.05, 0.1) is 0 Å². The molecule has 0 radical (unpaired) electrons. The van der Waals surface area contributed by atoms with E-state index < -0.39 is 6.09 Å². The second-order valence-corrected chi connectivity index (χ2v) is 8.13. The largest absolute Gasteiger partial charge is 0.449 e. The highest BCUT2D eigenvalue weighted by molar-refractivity contribution is 9.10. The monoisotopic (exact) mass is 462 g/mol.